The number of halogens is 3. The molecule has 1 fully saturated rings. The minimum absolute atomic E-state index is 0.0491. The van der Waals surface area contributed by atoms with Crippen molar-refractivity contribution in [2.75, 3.05) is 13.6 Å². The number of rotatable bonds is 6. The number of amides is 1. The van der Waals surface area contributed by atoms with Crippen LogP contribution < -0.4 is 0 Å². The van der Waals surface area contributed by atoms with Gasteiger partial charge in [0.15, 0.2) is 0 Å². The molecular formula is C21H20F3NO3. The molecule has 0 aliphatic heterocycles. The highest BCUT2D eigenvalue weighted by Gasteiger charge is 2.33. The number of aliphatic carboxylic acids is 1. The van der Waals surface area contributed by atoms with E-state index in [0.717, 1.165) is 18.9 Å². The minimum Gasteiger partial charge on any atom is -0.481 e. The summed E-state index contributed by atoms with van der Waals surface area (Å²) in [7, 11) is 1.65. The quantitative estimate of drug-likeness (QED) is 0.790. The molecule has 3 rings (SSSR count). The summed E-state index contributed by atoms with van der Waals surface area (Å²) in [5.74, 6) is -1.01. The zero-order valence-corrected chi connectivity index (χ0v) is 15.3. The SMILES string of the molecule is CN(CC1CC1)C(=O)c1ccc(-c2ccccc2C(F)(F)F)cc1CC(=O)O. The Morgan fingerprint density at radius 1 is 1.14 bits per heavy atom. The van der Waals surface area contributed by atoms with Gasteiger partial charge in [0.2, 0.25) is 0 Å². The summed E-state index contributed by atoms with van der Waals surface area (Å²) < 4.78 is 40.0. The molecule has 0 radical (unpaired) electrons. The van der Waals surface area contributed by atoms with Crippen LogP contribution >= 0.6 is 0 Å². The Bertz CT molecular complexity index is 904. The molecule has 1 aliphatic rings. The first-order valence-corrected chi connectivity index (χ1v) is 8.93. The van der Waals surface area contributed by atoms with Crippen molar-refractivity contribution in [1.29, 1.82) is 0 Å². The van der Waals surface area contributed by atoms with Crippen LogP contribution in [0.3, 0.4) is 0 Å². The van der Waals surface area contributed by atoms with Crippen molar-refractivity contribution in [3.8, 4) is 11.1 Å². The van der Waals surface area contributed by atoms with E-state index in [2.05, 4.69) is 0 Å². The Hall–Kier alpha value is -2.83. The molecule has 0 spiro atoms. The lowest BCUT2D eigenvalue weighted by molar-refractivity contribution is -0.137. The number of carbonyl (C=O) groups excluding carboxylic acids is 1. The van der Waals surface area contributed by atoms with Gasteiger partial charge in [0, 0.05) is 19.2 Å². The van der Waals surface area contributed by atoms with Crippen molar-refractivity contribution in [3.05, 3.63) is 59.2 Å². The standard InChI is InChI=1S/C21H20F3NO3/c1-25(12-13-6-7-13)20(28)17-9-8-14(10-15(17)11-19(26)27)16-4-2-3-5-18(16)21(22,23)24/h2-5,8-10,13H,6-7,11-12H2,1H3,(H,26,27). The Labute approximate surface area is 160 Å². The topological polar surface area (TPSA) is 57.6 Å². The van der Waals surface area contributed by atoms with Gasteiger partial charge in [-0.2, -0.15) is 13.2 Å². The number of carbonyl (C=O) groups is 2. The molecule has 0 bridgehead atoms. The van der Waals surface area contributed by atoms with Crippen LogP contribution in [0.4, 0.5) is 13.2 Å². The number of hydrogen-bond acceptors (Lipinski definition) is 2. The number of nitrogens with zero attached hydrogens (tertiary/aromatic N) is 1. The highest BCUT2D eigenvalue weighted by atomic mass is 19.4. The number of alkyl halides is 3. The van der Waals surface area contributed by atoms with Crippen LogP contribution in [-0.4, -0.2) is 35.5 Å². The summed E-state index contributed by atoms with van der Waals surface area (Å²) in [6.07, 6.45) is -2.86. The summed E-state index contributed by atoms with van der Waals surface area (Å²) in [6.45, 7) is 0.587. The fraction of sp³-hybridized carbons (Fsp3) is 0.333. The molecule has 1 aliphatic carbocycles. The van der Waals surface area contributed by atoms with Gasteiger partial charge in [-0.05, 0) is 53.6 Å². The minimum atomic E-state index is -4.54. The number of benzene rings is 2. The third-order valence-electron chi connectivity index (χ3n) is 4.80. The van der Waals surface area contributed by atoms with Gasteiger partial charge < -0.3 is 10.0 Å². The maximum Gasteiger partial charge on any atom is 0.417 e. The summed E-state index contributed by atoms with van der Waals surface area (Å²) in [4.78, 5) is 25.6. The highest BCUT2D eigenvalue weighted by molar-refractivity contribution is 5.97. The zero-order chi connectivity index (χ0) is 20.5. The predicted molar refractivity (Wildman–Crippen MR) is 97.9 cm³/mol. The maximum absolute atomic E-state index is 13.3. The number of hydrogen-bond donors (Lipinski definition) is 1. The molecule has 148 valence electrons. The van der Waals surface area contributed by atoms with Gasteiger partial charge >= 0.3 is 12.1 Å². The second-order valence-electron chi connectivity index (χ2n) is 7.11. The zero-order valence-electron chi connectivity index (χ0n) is 15.3. The number of carboxylic acid groups (broad SMARTS) is 1. The van der Waals surface area contributed by atoms with Crippen LogP contribution in [-0.2, 0) is 17.4 Å². The van der Waals surface area contributed by atoms with Crippen LogP contribution in [0.25, 0.3) is 11.1 Å². The molecule has 2 aromatic rings. The lowest BCUT2D eigenvalue weighted by atomic mass is 9.94. The molecule has 4 nitrogen and oxygen atoms in total. The molecule has 2 aromatic carbocycles. The van der Waals surface area contributed by atoms with Crippen LogP contribution in [0.1, 0.15) is 34.3 Å². The summed E-state index contributed by atoms with van der Waals surface area (Å²) in [5, 5.41) is 9.21. The van der Waals surface area contributed by atoms with Gasteiger partial charge in [-0.15, -0.1) is 0 Å². The molecule has 0 aromatic heterocycles. The number of carboxylic acids is 1. The van der Waals surface area contributed by atoms with E-state index in [0.29, 0.717) is 12.5 Å². The lowest BCUT2D eigenvalue weighted by Gasteiger charge is -2.20. The highest BCUT2D eigenvalue weighted by Crippen LogP contribution is 2.37. The van der Waals surface area contributed by atoms with Crippen molar-refractivity contribution in [2.45, 2.75) is 25.4 Å². The monoisotopic (exact) mass is 391 g/mol. The Morgan fingerprint density at radius 2 is 1.82 bits per heavy atom. The van der Waals surface area contributed by atoms with Crippen LogP contribution in [0, 0.1) is 5.92 Å². The molecule has 1 amide bonds. The summed E-state index contributed by atoms with van der Waals surface area (Å²) in [6, 6.07) is 9.34. The molecule has 0 atom stereocenters. The first-order valence-electron chi connectivity index (χ1n) is 8.93. The first kappa shape index (κ1) is 19.9. The third kappa shape index (κ3) is 4.52. The summed E-state index contributed by atoms with van der Waals surface area (Å²) >= 11 is 0. The molecule has 1 saturated carbocycles. The third-order valence-corrected chi connectivity index (χ3v) is 4.80. The van der Waals surface area contributed by atoms with Crippen molar-refractivity contribution in [2.24, 2.45) is 5.92 Å². The molecule has 1 N–H and O–H groups in total. The van der Waals surface area contributed by atoms with E-state index < -0.39 is 24.1 Å². The van der Waals surface area contributed by atoms with E-state index in [4.69, 9.17) is 0 Å². The van der Waals surface area contributed by atoms with Gasteiger partial charge in [-0.1, -0.05) is 24.3 Å². The van der Waals surface area contributed by atoms with E-state index in [1.807, 2.05) is 0 Å². The smallest absolute Gasteiger partial charge is 0.417 e. The average Bonchev–Trinajstić information content (AvgIpc) is 3.44. The Morgan fingerprint density at radius 3 is 2.43 bits per heavy atom. The lowest BCUT2D eigenvalue weighted by Crippen LogP contribution is -2.29. The fourth-order valence-corrected chi connectivity index (χ4v) is 3.24. The van der Waals surface area contributed by atoms with Gasteiger partial charge in [0.25, 0.3) is 5.91 Å². The van der Waals surface area contributed by atoms with Crippen LogP contribution in [0.15, 0.2) is 42.5 Å². The van der Waals surface area contributed by atoms with Crippen molar-refractivity contribution in [3.63, 3.8) is 0 Å². The normalized spacial score (nSPS) is 14.0. The van der Waals surface area contributed by atoms with Gasteiger partial charge in [-0.3, -0.25) is 9.59 Å². The van der Waals surface area contributed by atoms with Crippen LogP contribution in [0.5, 0.6) is 0 Å². The molecule has 7 heteroatoms. The van der Waals surface area contributed by atoms with Gasteiger partial charge in [0.05, 0.1) is 12.0 Å². The van der Waals surface area contributed by atoms with Gasteiger partial charge in [0.1, 0.15) is 0 Å². The average molecular weight is 391 g/mol. The second-order valence-corrected chi connectivity index (χ2v) is 7.11. The van der Waals surface area contributed by atoms with Gasteiger partial charge in [-0.25, -0.2) is 0 Å². The van der Waals surface area contributed by atoms with Crippen LogP contribution in [0.2, 0.25) is 0 Å². The largest absolute Gasteiger partial charge is 0.481 e. The fourth-order valence-electron chi connectivity index (χ4n) is 3.24. The molecule has 0 unspecified atom stereocenters. The maximum atomic E-state index is 13.3. The van der Waals surface area contributed by atoms with Crippen molar-refractivity contribution < 1.29 is 27.9 Å². The molecule has 0 heterocycles. The Balaban J connectivity index is 2.02. The second kappa shape index (κ2) is 7.66. The van der Waals surface area contributed by atoms with E-state index >= 15 is 0 Å². The molecular weight excluding hydrogens is 371 g/mol. The van der Waals surface area contributed by atoms with E-state index in [-0.39, 0.29) is 28.2 Å². The van der Waals surface area contributed by atoms with Crippen molar-refractivity contribution >= 4 is 11.9 Å². The molecule has 28 heavy (non-hydrogen) atoms. The van der Waals surface area contributed by atoms with E-state index in [1.54, 1.807) is 11.9 Å². The van der Waals surface area contributed by atoms with Crippen molar-refractivity contribution in [1.82, 2.24) is 4.90 Å². The first-order chi connectivity index (χ1) is 13.2. The van der Waals surface area contributed by atoms with E-state index in [1.165, 1.54) is 36.4 Å². The molecule has 0 saturated heterocycles. The Kier molecular flexibility index (Phi) is 5.45. The summed E-state index contributed by atoms with van der Waals surface area (Å²) in [5.41, 5.74) is -0.216. The predicted octanol–water partition coefficient (Wildman–Crippen LogP) is 4.48. The van der Waals surface area contributed by atoms with E-state index in [9.17, 15) is 27.9 Å².